The largest absolute Gasteiger partial charge is 0.324 e. The fraction of sp³-hybridized carbons (Fsp3) is 0.316. The molecule has 2 aromatic rings. The monoisotopic (exact) mass is 297 g/mol. The number of aryl methyl sites for hydroxylation is 2. The maximum atomic E-state index is 12.3. The molecule has 0 heterocycles. The molecule has 1 amide bonds. The van der Waals surface area contributed by atoms with Gasteiger partial charge < -0.3 is 10.2 Å². The van der Waals surface area contributed by atoms with Crippen LogP contribution in [0.3, 0.4) is 0 Å². The van der Waals surface area contributed by atoms with Crippen LogP contribution in [0.4, 0.5) is 5.69 Å². The van der Waals surface area contributed by atoms with Gasteiger partial charge in [0.05, 0.1) is 6.54 Å². The summed E-state index contributed by atoms with van der Waals surface area (Å²) < 4.78 is 0. The van der Waals surface area contributed by atoms with Crippen molar-refractivity contribution in [1.82, 2.24) is 0 Å². The van der Waals surface area contributed by atoms with Gasteiger partial charge in [0, 0.05) is 11.3 Å². The molecule has 1 unspecified atom stereocenters. The molecule has 0 aliphatic heterocycles. The number of amides is 1. The Bertz CT molecular complexity index is 623. The molecule has 0 aromatic heterocycles. The molecule has 0 bridgehead atoms. The number of nitrogens with one attached hydrogen (secondary N) is 2. The molecule has 0 saturated heterocycles. The zero-order chi connectivity index (χ0) is 15.9. The van der Waals surface area contributed by atoms with Crippen molar-refractivity contribution in [1.29, 1.82) is 0 Å². The first-order valence-electron chi connectivity index (χ1n) is 7.83. The molecule has 0 aliphatic rings. The first-order valence-corrected chi connectivity index (χ1v) is 7.83. The quantitative estimate of drug-likeness (QED) is 0.843. The van der Waals surface area contributed by atoms with Gasteiger partial charge in [-0.1, -0.05) is 48.0 Å². The van der Waals surface area contributed by atoms with E-state index < -0.39 is 0 Å². The average Bonchev–Trinajstić information content (AvgIpc) is 2.50. The van der Waals surface area contributed by atoms with Crippen molar-refractivity contribution in [3.05, 3.63) is 65.2 Å². The van der Waals surface area contributed by atoms with Crippen LogP contribution in [0.1, 0.15) is 23.6 Å². The average molecular weight is 297 g/mol. The molecule has 0 spiro atoms. The molecule has 0 aliphatic carbocycles. The van der Waals surface area contributed by atoms with Crippen LogP contribution in [0.2, 0.25) is 0 Å². The van der Waals surface area contributed by atoms with Gasteiger partial charge >= 0.3 is 0 Å². The fourth-order valence-corrected chi connectivity index (χ4v) is 2.57. The zero-order valence-corrected chi connectivity index (χ0v) is 13.6. The highest BCUT2D eigenvalue weighted by Gasteiger charge is 2.14. The second kappa shape index (κ2) is 7.76. The van der Waals surface area contributed by atoms with Crippen LogP contribution >= 0.6 is 0 Å². The highest BCUT2D eigenvalue weighted by atomic mass is 16.2. The van der Waals surface area contributed by atoms with E-state index in [9.17, 15) is 4.79 Å². The van der Waals surface area contributed by atoms with Gasteiger partial charge in [-0.05, 0) is 32.4 Å². The van der Waals surface area contributed by atoms with E-state index in [0.717, 1.165) is 24.3 Å². The normalized spacial score (nSPS) is 12.0. The smallest absolute Gasteiger partial charge is 0.279 e. The minimum absolute atomic E-state index is 0.0692. The lowest BCUT2D eigenvalue weighted by Crippen LogP contribution is -3.11. The molecule has 0 saturated carbocycles. The number of carbonyl (C=O) groups excluding carboxylic acids is 1. The van der Waals surface area contributed by atoms with Gasteiger partial charge in [-0.25, -0.2) is 0 Å². The van der Waals surface area contributed by atoms with E-state index in [1.807, 2.05) is 37.3 Å². The zero-order valence-electron chi connectivity index (χ0n) is 13.6. The second-order valence-electron chi connectivity index (χ2n) is 5.81. The number of hydrogen-bond acceptors (Lipinski definition) is 1. The molecule has 0 fully saturated rings. The van der Waals surface area contributed by atoms with Gasteiger partial charge in [-0.15, -0.1) is 0 Å². The lowest BCUT2D eigenvalue weighted by atomic mass is 10.1. The van der Waals surface area contributed by atoms with Gasteiger partial charge in [0.25, 0.3) is 5.91 Å². The molecular formula is C19H25N2O+. The van der Waals surface area contributed by atoms with Crippen LogP contribution < -0.4 is 10.2 Å². The van der Waals surface area contributed by atoms with Crippen molar-refractivity contribution in [3.63, 3.8) is 0 Å². The highest BCUT2D eigenvalue weighted by molar-refractivity contribution is 5.92. The number of likely N-dealkylation sites (N-methyl/N-ethyl adjacent to an activating group) is 1. The molecular weight excluding hydrogens is 272 g/mol. The lowest BCUT2D eigenvalue weighted by molar-refractivity contribution is -0.903. The van der Waals surface area contributed by atoms with E-state index in [4.69, 9.17) is 0 Å². The number of hydrogen-bond donors (Lipinski definition) is 2. The van der Waals surface area contributed by atoms with E-state index in [1.165, 1.54) is 16.0 Å². The Hall–Kier alpha value is -2.13. The van der Waals surface area contributed by atoms with Crippen LogP contribution in [-0.4, -0.2) is 19.0 Å². The summed E-state index contributed by atoms with van der Waals surface area (Å²) in [6.07, 6.45) is 0. The van der Waals surface area contributed by atoms with Gasteiger partial charge in [0.1, 0.15) is 6.54 Å². The third-order valence-corrected chi connectivity index (χ3v) is 3.86. The van der Waals surface area contributed by atoms with Crippen LogP contribution in [0.15, 0.2) is 48.5 Å². The maximum absolute atomic E-state index is 12.3. The van der Waals surface area contributed by atoms with Crippen molar-refractivity contribution >= 4 is 11.6 Å². The fourth-order valence-electron chi connectivity index (χ4n) is 2.57. The minimum atomic E-state index is 0.0692. The van der Waals surface area contributed by atoms with Crippen LogP contribution in [0, 0.1) is 13.8 Å². The number of anilines is 1. The molecule has 2 N–H and O–H groups in total. The number of rotatable bonds is 6. The van der Waals surface area contributed by atoms with E-state index in [1.54, 1.807) is 0 Å². The molecule has 3 nitrogen and oxygen atoms in total. The van der Waals surface area contributed by atoms with E-state index >= 15 is 0 Å². The Morgan fingerprint density at radius 1 is 1.09 bits per heavy atom. The summed E-state index contributed by atoms with van der Waals surface area (Å²) in [5, 5.41) is 3.03. The van der Waals surface area contributed by atoms with Gasteiger partial charge in [-0.3, -0.25) is 4.79 Å². The van der Waals surface area contributed by atoms with Crippen molar-refractivity contribution in [3.8, 4) is 0 Å². The molecule has 2 aromatic carbocycles. The molecule has 22 heavy (non-hydrogen) atoms. The molecule has 2 rings (SSSR count). The van der Waals surface area contributed by atoms with E-state index in [2.05, 4.69) is 37.4 Å². The SMILES string of the molecule is CC[NH+](CC(=O)Nc1ccc(C)cc1C)Cc1ccccc1. The van der Waals surface area contributed by atoms with Gasteiger partial charge in [0.2, 0.25) is 0 Å². The van der Waals surface area contributed by atoms with E-state index in [0.29, 0.717) is 6.54 Å². The molecule has 3 heteroatoms. The summed E-state index contributed by atoms with van der Waals surface area (Å²) >= 11 is 0. The lowest BCUT2D eigenvalue weighted by Gasteiger charge is -2.18. The van der Waals surface area contributed by atoms with Crippen molar-refractivity contribution in [2.45, 2.75) is 27.3 Å². The third-order valence-electron chi connectivity index (χ3n) is 3.86. The van der Waals surface area contributed by atoms with Gasteiger partial charge in [0.15, 0.2) is 6.54 Å². The Kier molecular flexibility index (Phi) is 5.73. The predicted octanol–water partition coefficient (Wildman–Crippen LogP) is 2.35. The van der Waals surface area contributed by atoms with Crippen molar-refractivity contribution in [2.24, 2.45) is 0 Å². The van der Waals surface area contributed by atoms with E-state index in [-0.39, 0.29) is 5.91 Å². The third kappa shape index (κ3) is 4.71. The minimum Gasteiger partial charge on any atom is -0.324 e. The maximum Gasteiger partial charge on any atom is 0.279 e. The Morgan fingerprint density at radius 2 is 1.82 bits per heavy atom. The van der Waals surface area contributed by atoms with Crippen LogP contribution in [0.25, 0.3) is 0 Å². The first-order chi connectivity index (χ1) is 10.6. The second-order valence-corrected chi connectivity index (χ2v) is 5.81. The summed E-state index contributed by atoms with van der Waals surface area (Å²) in [4.78, 5) is 13.5. The Balaban J connectivity index is 1.94. The summed E-state index contributed by atoms with van der Waals surface area (Å²) in [7, 11) is 0. The number of benzene rings is 2. The first kappa shape index (κ1) is 16.2. The predicted molar refractivity (Wildman–Crippen MR) is 91.1 cm³/mol. The summed E-state index contributed by atoms with van der Waals surface area (Å²) in [5.41, 5.74) is 4.49. The molecule has 0 radical (unpaired) electrons. The number of quaternary nitrogens is 1. The van der Waals surface area contributed by atoms with Crippen LogP contribution in [0.5, 0.6) is 0 Å². The molecule has 116 valence electrons. The van der Waals surface area contributed by atoms with Gasteiger partial charge in [-0.2, -0.15) is 0 Å². The Labute approximate surface area is 133 Å². The van der Waals surface area contributed by atoms with Crippen molar-refractivity contribution in [2.75, 3.05) is 18.4 Å². The topological polar surface area (TPSA) is 33.5 Å². The highest BCUT2D eigenvalue weighted by Crippen LogP contribution is 2.15. The molecule has 1 atom stereocenters. The number of carbonyl (C=O) groups is 1. The standard InChI is InChI=1S/C19H24N2O/c1-4-21(13-17-8-6-5-7-9-17)14-19(22)20-18-11-10-15(2)12-16(18)3/h5-12H,4,13-14H2,1-3H3,(H,20,22)/p+1. The van der Waals surface area contributed by atoms with Crippen LogP contribution in [-0.2, 0) is 11.3 Å². The van der Waals surface area contributed by atoms with Crippen molar-refractivity contribution < 1.29 is 9.69 Å². The summed E-state index contributed by atoms with van der Waals surface area (Å²) in [6.45, 7) is 8.48. The summed E-state index contributed by atoms with van der Waals surface area (Å²) in [6, 6.07) is 16.4. The Morgan fingerprint density at radius 3 is 2.45 bits per heavy atom. The summed E-state index contributed by atoms with van der Waals surface area (Å²) in [5.74, 6) is 0.0692.